The second-order valence-electron chi connectivity index (χ2n) is 4.74. The summed E-state index contributed by atoms with van der Waals surface area (Å²) < 4.78 is 39.2. The fraction of sp³-hybridized carbons (Fsp3) is 0.636. The molecule has 1 heterocycles. The summed E-state index contributed by atoms with van der Waals surface area (Å²) in [7, 11) is 1.38. The lowest BCUT2D eigenvalue weighted by atomic mass is 9.91. The summed E-state index contributed by atoms with van der Waals surface area (Å²) in [5.41, 5.74) is -0.435. The number of hydrogen-bond acceptors (Lipinski definition) is 3. The van der Waals surface area contributed by atoms with Crippen molar-refractivity contribution in [3.63, 3.8) is 0 Å². The van der Waals surface area contributed by atoms with Crippen LogP contribution in [0.3, 0.4) is 0 Å². The van der Waals surface area contributed by atoms with Crippen LogP contribution in [0.25, 0.3) is 0 Å². The molecule has 2 rings (SSSR count). The van der Waals surface area contributed by atoms with Gasteiger partial charge in [-0.1, -0.05) is 11.6 Å². The summed E-state index contributed by atoms with van der Waals surface area (Å²) in [4.78, 5) is 12.0. The SMILES string of the molecule is Cn1nc(C(=O)O)c(Cl)c1N(CC(F)(F)F)C1CCC1. The van der Waals surface area contributed by atoms with Crippen LogP contribution in [0.1, 0.15) is 29.8 Å². The first-order valence-corrected chi connectivity index (χ1v) is 6.37. The highest BCUT2D eigenvalue weighted by Gasteiger charge is 2.39. The van der Waals surface area contributed by atoms with Gasteiger partial charge in [-0.25, -0.2) is 4.79 Å². The summed E-state index contributed by atoms with van der Waals surface area (Å²) in [5, 5.41) is 12.4. The Bertz CT molecular complexity index is 526. The van der Waals surface area contributed by atoms with Gasteiger partial charge in [-0.05, 0) is 19.3 Å². The molecule has 112 valence electrons. The van der Waals surface area contributed by atoms with Gasteiger partial charge < -0.3 is 10.0 Å². The number of carboxylic acids is 1. The first-order chi connectivity index (χ1) is 9.20. The number of carboxylic acid groups (broad SMARTS) is 1. The number of rotatable bonds is 4. The monoisotopic (exact) mass is 311 g/mol. The first-order valence-electron chi connectivity index (χ1n) is 6.00. The Hall–Kier alpha value is -1.44. The van der Waals surface area contributed by atoms with Gasteiger partial charge in [0.15, 0.2) is 5.69 Å². The Kier molecular flexibility index (Phi) is 3.86. The highest BCUT2D eigenvalue weighted by atomic mass is 35.5. The molecule has 1 N–H and O–H groups in total. The van der Waals surface area contributed by atoms with Crippen LogP contribution >= 0.6 is 11.6 Å². The Balaban J connectivity index is 2.40. The van der Waals surface area contributed by atoms with E-state index in [4.69, 9.17) is 16.7 Å². The molecule has 9 heteroatoms. The topological polar surface area (TPSA) is 58.4 Å². The molecule has 5 nitrogen and oxygen atoms in total. The number of anilines is 1. The third-order valence-corrected chi connectivity index (χ3v) is 3.65. The number of carbonyl (C=O) groups is 1. The standard InChI is InChI=1S/C11H13ClF3N3O2/c1-17-9(7(12)8(16-17)10(19)20)18(5-11(13,14)15)6-3-2-4-6/h6H,2-5H2,1H3,(H,19,20). The van der Waals surface area contributed by atoms with E-state index in [0.29, 0.717) is 12.8 Å². The molecule has 0 aliphatic heterocycles. The number of aryl methyl sites for hydroxylation is 1. The quantitative estimate of drug-likeness (QED) is 0.929. The molecule has 0 unspecified atom stereocenters. The van der Waals surface area contributed by atoms with E-state index < -0.39 is 24.4 Å². The predicted molar refractivity (Wildman–Crippen MR) is 66.2 cm³/mol. The third-order valence-electron chi connectivity index (χ3n) is 3.30. The molecule has 0 radical (unpaired) electrons. The molecule has 1 fully saturated rings. The minimum Gasteiger partial charge on any atom is -0.476 e. The van der Waals surface area contributed by atoms with Gasteiger partial charge in [-0.3, -0.25) is 4.68 Å². The number of aromatic nitrogens is 2. The van der Waals surface area contributed by atoms with E-state index in [-0.39, 0.29) is 16.9 Å². The van der Waals surface area contributed by atoms with Crippen molar-refractivity contribution in [2.75, 3.05) is 11.4 Å². The van der Waals surface area contributed by atoms with Crippen LogP contribution in [0.4, 0.5) is 19.0 Å². The summed E-state index contributed by atoms with van der Waals surface area (Å²) >= 11 is 5.90. The Morgan fingerprint density at radius 1 is 1.55 bits per heavy atom. The Morgan fingerprint density at radius 3 is 2.50 bits per heavy atom. The maximum Gasteiger partial charge on any atom is 0.405 e. The fourth-order valence-electron chi connectivity index (χ4n) is 2.21. The number of aromatic carboxylic acids is 1. The summed E-state index contributed by atoms with van der Waals surface area (Å²) in [6.45, 7) is -1.17. The van der Waals surface area contributed by atoms with Gasteiger partial charge in [0.05, 0.1) is 0 Å². The van der Waals surface area contributed by atoms with Crippen molar-refractivity contribution in [1.29, 1.82) is 0 Å². The second kappa shape index (κ2) is 5.16. The molecular weight excluding hydrogens is 299 g/mol. The van der Waals surface area contributed by atoms with E-state index in [9.17, 15) is 18.0 Å². The lowest BCUT2D eigenvalue weighted by Gasteiger charge is -2.39. The average Bonchev–Trinajstić information content (AvgIpc) is 2.48. The zero-order chi connectivity index (χ0) is 15.1. The highest BCUT2D eigenvalue weighted by molar-refractivity contribution is 6.35. The van der Waals surface area contributed by atoms with Gasteiger partial charge in [-0.2, -0.15) is 18.3 Å². The van der Waals surface area contributed by atoms with Crippen LogP contribution in [-0.4, -0.2) is 39.6 Å². The zero-order valence-electron chi connectivity index (χ0n) is 10.6. The molecule has 0 aromatic carbocycles. The van der Waals surface area contributed by atoms with Crippen molar-refractivity contribution in [2.24, 2.45) is 7.05 Å². The maximum atomic E-state index is 12.7. The van der Waals surface area contributed by atoms with Crippen molar-refractivity contribution in [1.82, 2.24) is 9.78 Å². The van der Waals surface area contributed by atoms with Crippen molar-refractivity contribution in [2.45, 2.75) is 31.5 Å². The van der Waals surface area contributed by atoms with Gasteiger partial charge in [0, 0.05) is 13.1 Å². The van der Waals surface area contributed by atoms with E-state index in [1.54, 1.807) is 0 Å². The molecule has 0 atom stereocenters. The normalized spacial score (nSPS) is 16.1. The molecule has 1 aromatic heterocycles. The molecule has 1 aliphatic rings. The lowest BCUT2D eigenvalue weighted by Crippen LogP contribution is -2.46. The highest BCUT2D eigenvalue weighted by Crippen LogP contribution is 2.37. The van der Waals surface area contributed by atoms with Gasteiger partial charge in [0.25, 0.3) is 0 Å². The zero-order valence-corrected chi connectivity index (χ0v) is 11.4. The average molecular weight is 312 g/mol. The molecule has 0 bridgehead atoms. The summed E-state index contributed by atoms with van der Waals surface area (Å²) in [6, 6.07) is -0.286. The molecule has 1 saturated carbocycles. The number of alkyl halides is 3. The van der Waals surface area contributed by atoms with Crippen molar-refractivity contribution in [3.05, 3.63) is 10.7 Å². The molecule has 0 amide bonds. The fourth-order valence-corrected chi connectivity index (χ4v) is 2.56. The van der Waals surface area contributed by atoms with Crippen LogP contribution in [0.15, 0.2) is 0 Å². The van der Waals surface area contributed by atoms with Crippen LogP contribution in [0.2, 0.25) is 5.02 Å². The van der Waals surface area contributed by atoms with Crippen LogP contribution in [0, 0.1) is 0 Å². The number of nitrogens with zero attached hydrogens (tertiary/aromatic N) is 3. The number of halogens is 4. The third kappa shape index (κ3) is 2.84. The minimum absolute atomic E-state index is 0.00564. The smallest absolute Gasteiger partial charge is 0.405 e. The lowest BCUT2D eigenvalue weighted by molar-refractivity contribution is -0.121. The maximum absolute atomic E-state index is 12.7. The van der Waals surface area contributed by atoms with E-state index in [0.717, 1.165) is 16.0 Å². The molecule has 0 saturated heterocycles. The van der Waals surface area contributed by atoms with Crippen molar-refractivity contribution >= 4 is 23.4 Å². The molecule has 1 aliphatic carbocycles. The molecule has 20 heavy (non-hydrogen) atoms. The van der Waals surface area contributed by atoms with Gasteiger partial charge in [0.2, 0.25) is 0 Å². The van der Waals surface area contributed by atoms with Crippen LogP contribution < -0.4 is 4.90 Å². The van der Waals surface area contributed by atoms with Crippen LogP contribution in [0.5, 0.6) is 0 Å². The van der Waals surface area contributed by atoms with Crippen LogP contribution in [-0.2, 0) is 7.05 Å². The first kappa shape index (κ1) is 15.0. The summed E-state index contributed by atoms with van der Waals surface area (Å²) in [6.07, 6.45) is -2.30. The van der Waals surface area contributed by atoms with Crippen molar-refractivity contribution < 1.29 is 23.1 Å². The molecule has 0 spiro atoms. The van der Waals surface area contributed by atoms with E-state index in [2.05, 4.69) is 5.10 Å². The van der Waals surface area contributed by atoms with E-state index in [1.807, 2.05) is 0 Å². The second-order valence-corrected chi connectivity index (χ2v) is 5.12. The largest absolute Gasteiger partial charge is 0.476 e. The molecular formula is C11H13ClF3N3O2. The van der Waals surface area contributed by atoms with Gasteiger partial charge in [0.1, 0.15) is 17.4 Å². The van der Waals surface area contributed by atoms with E-state index >= 15 is 0 Å². The summed E-state index contributed by atoms with van der Waals surface area (Å²) in [5.74, 6) is -1.36. The van der Waals surface area contributed by atoms with E-state index in [1.165, 1.54) is 7.05 Å². The molecule has 1 aromatic rings. The minimum atomic E-state index is -4.40. The Morgan fingerprint density at radius 2 is 2.15 bits per heavy atom. The van der Waals surface area contributed by atoms with Gasteiger partial charge >= 0.3 is 12.1 Å². The Labute approximate surface area is 117 Å². The van der Waals surface area contributed by atoms with Crippen molar-refractivity contribution in [3.8, 4) is 0 Å². The predicted octanol–water partition coefficient (Wildman–Crippen LogP) is 2.69. The number of hydrogen-bond donors (Lipinski definition) is 1. The van der Waals surface area contributed by atoms with Gasteiger partial charge in [-0.15, -0.1) is 0 Å².